The maximum Gasteiger partial charge on any atom is 0.0414 e. The maximum absolute atomic E-state index is 5.87. The molecule has 2 nitrogen and oxygen atoms in total. The molecule has 2 rings (SSSR count). The van der Waals surface area contributed by atoms with Crippen molar-refractivity contribution in [3.05, 3.63) is 29.3 Å². The Labute approximate surface area is 92.1 Å². The van der Waals surface area contributed by atoms with Crippen molar-refractivity contribution in [1.82, 2.24) is 4.90 Å². The lowest BCUT2D eigenvalue weighted by Crippen LogP contribution is -2.42. The highest BCUT2D eigenvalue weighted by molar-refractivity contribution is 5.52. The van der Waals surface area contributed by atoms with Crippen molar-refractivity contribution in [3.63, 3.8) is 0 Å². The molecule has 0 atom stereocenters. The predicted octanol–water partition coefficient (Wildman–Crippen LogP) is 2.68. The molecule has 0 aliphatic carbocycles. The van der Waals surface area contributed by atoms with Gasteiger partial charge in [0.25, 0.3) is 0 Å². The minimum Gasteiger partial charge on any atom is -0.399 e. The Kier molecular flexibility index (Phi) is 1.93. The van der Waals surface area contributed by atoms with Crippen LogP contribution in [0.3, 0.4) is 0 Å². The summed E-state index contributed by atoms with van der Waals surface area (Å²) in [6.07, 6.45) is 0. The van der Waals surface area contributed by atoms with E-state index < -0.39 is 0 Å². The number of hydrogen-bond donors (Lipinski definition) is 1. The standard InChI is InChI=1S/C13H20N2/c1-12(2)10-7-6-9(14)8-11(10)13(3,4)15(12)5/h6-8H,14H2,1-5H3. The average Bonchev–Trinajstić information content (AvgIpc) is 2.26. The largest absolute Gasteiger partial charge is 0.399 e. The van der Waals surface area contributed by atoms with E-state index in [4.69, 9.17) is 5.73 Å². The lowest BCUT2D eigenvalue weighted by molar-refractivity contribution is 0.0730. The number of benzene rings is 1. The zero-order valence-electron chi connectivity index (χ0n) is 10.3. The van der Waals surface area contributed by atoms with Gasteiger partial charge in [0.15, 0.2) is 0 Å². The predicted molar refractivity (Wildman–Crippen MR) is 64.7 cm³/mol. The normalized spacial score (nSPS) is 22.7. The van der Waals surface area contributed by atoms with Crippen LogP contribution in [0.2, 0.25) is 0 Å². The van der Waals surface area contributed by atoms with Crippen LogP contribution < -0.4 is 5.73 Å². The molecule has 0 spiro atoms. The van der Waals surface area contributed by atoms with Crippen LogP contribution in [-0.2, 0) is 11.1 Å². The van der Waals surface area contributed by atoms with Crippen LogP contribution in [0.1, 0.15) is 38.8 Å². The summed E-state index contributed by atoms with van der Waals surface area (Å²) in [5, 5.41) is 0. The molecule has 1 aromatic carbocycles. The van der Waals surface area contributed by atoms with E-state index in [1.54, 1.807) is 0 Å². The second-order valence-electron chi connectivity index (χ2n) is 5.48. The van der Waals surface area contributed by atoms with Crippen LogP contribution in [0, 0.1) is 0 Å². The van der Waals surface area contributed by atoms with Gasteiger partial charge in [0.1, 0.15) is 0 Å². The van der Waals surface area contributed by atoms with Crippen molar-refractivity contribution in [2.24, 2.45) is 0 Å². The Morgan fingerprint density at radius 3 is 2.13 bits per heavy atom. The fourth-order valence-corrected chi connectivity index (χ4v) is 2.66. The monoisotopic (exact) mass is 204 g/mol. The number of anilines is 1. The van der Waals surface area contributed by atoms with Crippen LogP contribution in [0.25, 0.3) is 0 Å². The molecule has 0 saturated heterocycles. The third-order valence-electron chi connectivity index (χ3n) is 4.04. The molecule has 0 fully saturated rings. The van der Waals surface area contributed by atoms with E-state index in [1.165, 1.54) is 11.1 Å². The van der Waals surface area contributed by atoms with Crippen LogP contribution in [0.5, 0.6) is 0 Å². The smallest absolute Gasteiger partial charge is 0.0414 e. The van der Waals surface area contributed by atoms with E-state index in [-0.39, 0.29) is 11.1 Å². The fourth-order valence-electron chi connectivity index (χ4n) is 2.66. The van der Waals surface area contributed by atoms with E-state index in [2.05, 4.69) is 51.8 Å². The van der Waals surface area contributed by atoms with E-state index in [9.17, 15) is 0 Å². The number of rotatable bonds is 0. The molecule has 0 bridgehead atoms. The molecule has 2 N–H and O–H groups in total. The minimum atomic E-state index is 0.0637. The highest BCUT2D eigenvalue weighted by Gasteiger charge is 2.46. The summed E-state index contributed by atoms with van der Waals surface area (Å²) in [5.74, 6) is 0. The number of nitrogens with zero attached hydrogens (tertiary/aromatic N) is 1. The summed E-state index contributed by atoms with van der Waals surface area (Å²) < 4.78 is 0. The highest BCUT2D eigenvalue weighted by atomic mass is 15.2. The minimum absolute atomic E-state index is 0.0637. The Hall–Kier alpha value is -1.02. The fraction of sp³-hybridized carbons (Fsp3) is 0.538. The first-order valence-corrected chi connectivity index (χ1v) is 5.42. The zero-order valence-corrected chi connectivity index (χ0v) is 10.3. The highest BCUT2D eigenvalue weighted by Crippen LogP contribution is 2.48. The van der Waals surface area contributed by atoms with Gasteiger partial charge < -0.3 is 5.73 Å². The van der Waals surface area contributed by atoms with Crippen molar-refractivity contribution >= 4 is 5.69 Å². The molecule has 1 aromatic rings. The van der Waals surface area contributed by atoms with Gasteiger partial charge in [-0.05, 0) is 58.0 Å². The molecule has 1 aliphatic heterocycles. The van der Waals surface area contributed by atoms with Crippen LogP contribution >= 0.6 is 0 Å². The Balaban J connectivity index is 2.71. The van der Waals surface area contributed by atoms with E-state index in [0.29, 0.717) is 0 Å². The number of fused-ring (bicyclic) bond motifs is 1. The number of nitrogen functional groups attached to an aromatic ring is 1. The number of nitrogens with two attached hydrogens (primary N) is 1. The average molecular weight is 204 g/mol. The van der Waals surface area contributed by atoms with E-state index >= 15 is 0 Å². The summed E-state index contributed by atoms with van der Waals surface area (Å²) in [6, 6.07) is 6.27. The van der Waals surface area contributed by atoms with Gasteiger partial charge in [-0.15, -0.1) is 0 Å². The van der Waals surface area contributed by atoms with Gasteiger partial charge in [0, 0.05) is 16.8 Å². The molecule has 0 unspecified atom stereocenters. The topological polar surface area (TPSA) is 29.3 Å². The first-order valence-electron chi connectivity index (χ1n) is 5.42. The third kappa shape index (κ3) is 1.21. The van der Waals surface area contributed by atoms with Crippen LogP contribution in [0.4, 0.5) is 5.69 Å². The van der Waals surface area contributed by atoms with Gasteiger partial charge in [-0.3, -0.25) is 4.90 Å². The molecular formula is C13H20N2. The molecule has 1 aliphatic rings. The molecule has 15 heavy (non-hydrogen) atoms. The van der Waals surface area contributed by atoms with Crippen molar-refractivity contribution in [3.8, 4) is 0 Å². The first-order chi connectivity index (χ1) is 6.78. The summed E-state index contributed by atoms with van der Waals surface area (Å²) in [5.41, 5.74) is 9.62. The summed E-state index contributed by atoms with van der Waals surface area (Å²) in [6.45, 7) is 9.02. The van der Waals surface area contributed by atoms with Crippen LogP contribution in [-0.4, -0.2) is 11.9 Å². The van der Waals surface area contributed by atoms with Gasteiger partial charge in [-0.2, -0.15) is 0 Å². The summed E-state index contributed by atoms with van der Waals surface area (Å²) in [4.78, 5) is 2.41. The molecule has 0 amide bonds. The zero-order chi connectivity index (χ0) is 11.4. The molecule has 0 aromatic heterocycles. The third-order valence-corrected chi connectivity index (χ3v) is 4.04. The van der Waals surface area contributed by atoms with Crippen molar-refractivity contribution in [2.75, 3.05) is 12.8 Å². The van der Waals surface area contributed by atoms with Crippen molar-refractivity contribution in [1.29, 1.82) is 0 Å². The number of hydrogen-bond acceptors (Lipinski definition) is 2. The SMILES string of the molecule is CN1C(C)(C)c2ccc(N)cc2C1(C)C. The lowest BCUT2D eigenvalue weighted by atomic mass is 9.90. The van der Waals surface area contributed by atoms with Crippen LogP contribution in [0.15, 0.2) is 18.2 Å². The Morgan fingerprint density at radius 1 is 1.00 bits per heavy atom. The second-order valence-corrected chi connectivity index (χ2v) is 5.48. The van der Waals surface area contributed by atoms with E-state index in [1.807, 2.05) is 6.07 Å². The van der Waals surface area contributed by atoms with Crippen molar-refractivity contribution in [2.45, 2.75) is 38.8 Å². The first kappa shape index (κ1) is 10.5. The molecule has 0 radical (unpaired) electrons. The maximum atomic E-state index is 5.87. The summed E-state index contributed by atoms with van der Waals surface area (Å²) in [7, 11) is 2.18. The van der Waals surface area contributed by atoms with Crippen molar-refractivity contribution < 1.29 is 0 Å². The lowest BCUT2D eigenvalue weighted by Gasteiger charge is -2.37. The van der Waals surface area contributed by atoms with Gasteiger partial charge in [0.2, 0.25) is 0 Å². The second kappa shape index (κ2) is 2.76. The summed E-state index contributed by atoms with van der Waals surface area (Å²) >= 11 is 0. The Bertz CT molecular complexity index is 405. The molecule has 82 valence electrons. The molecular weight excluding hydrogens is 184 g/mol. The van der Waals surface area contributed by atoms with Gasteiger partial charge >= 0.3 is 0 Å². The molecule has 2 heteroatoms. The van der Waals surface area contributed by atoms with E-state index in [0.717, 1.165) is 5.69 Å². The Morgan fingerprint density at radius 2 is 1.53 bits per heavy atom. The molecule has 0 saturated carbocycles. The molecule has 1 heterocycles. The van der Waals surface area contributed by atoms with Gasteiger partial charge in [0.05, 0.1) is 0 Å². The van der Waals surface area contributed by atoms with Gasteiger partial charge in [-0.25, -0.2) is 0 Å². The van der Waals surface area contributed by atoms with Gasteiger partial charge in [-0.1, -0.05) is 6.07 Å². The quantitative estimate of drug-likeness (QED) is 0.658.